The Hall–Kier alpha value is -0.0800. The summed E-state index contributed by atoms with van der Waals surface area (Å²) in [5.41, 5.74) is 0.512. The Balaban J connectivity index is 2.44. The number of aliphatic hydroxyl groups is 1. The van der Waals surface area contributed by atoms with Crippen molar-refractivity contribution in [1.29, 1.82) is 0 Å². The van der Waals surface area contributed by atoms with Crippen molar-refractivity contribution in [2.75, 3.05) is 6.61 Å². The summed E-state index contributed by atoms with van der Waals surface area (Å²) in [5.74, 6) is 0.731. The quantitative estimate of drug-likeness (QED) is 0.752. The molecule has 2 nitrogen and oxygen atoms in total. The molecular weight excluding hydrogens is 186 g/mol. The predicted octanol–water partition coefficient (Wildman–Crippen LogP) is 2.56. The summed E-state index contributed by atoms with van der Waals surface area (Å²) in [6.07, 6.45) is 4.87. The van der Waals surface area contributed by atoms with Gasteiger partial charge in [0.15, 0.2) is 0 Å². The van der Waals surface area contributed by atoms with Crippen molar-refractivity contribution in [2.24, 2.45) is 11.3 Å². The van der Waals surface area contributed by atoms with Crippen molar-refractivity contribution in [3.63, 3.8) is 0 Å². The highest BCUT2D eigenvalue weighted by Crippen LogP contribution is 2.38. The largest absolute Gasteiger partial charge is 0.395 e. The fraction of sp³-hybridized carbons (Fsp3) is 1.00. The fourth-order valence-electron chi connectivity index (χ4n) is 2.80. The van der Waals surface area contributed by atoms with E-state index in [2.05, 4.69) is 33.0 Å². The first-order valence-corrected chi connectivity index (χ1v) is 6.35. The van der Waals surface area contributed by atoms with E-state index in [4.69, 9.17) is 0 Å². The molecule has 0 spiro atoms. The van der Waals surface area contributed by atoms with Gasteiger partial charge in [-0.2, -0.15) is 0 Å². The molecule has 15 heavy (non-hydrogen) atoms. The van der Waals surface area contributed by atoms with Gasteiger partial charge in [-0.1, -0.05) is 27.7 Å². The smallest absolute Gasteiger partial charge is 0.0584 e. The third-order valence-corrected chi connectivity index (χ3v) is 3.86. The first-order chi connectivity index (χ1) is 6.98. The highest BCUT2D eigenvalue weighted by Gasteiger charge is 2.32. The van der Waals surface area contributed by atoms with E-state index in [0.717, 1.165) is 12.3 Å². The molecule has 1 aliphatic rings. The highest BCUT2D eigenvalue weighted by molar-refractivity contribution is 4.88. The van der Waals surface area contributed by atoms with Crippen LogP contribution in [-0.4, -0.2) is 23.8 Å². The van der Waals surface area contributed by atoms with Crippen molar-refractivity contribution >= 4 is 0 Å². The molecule has 0 radical (unpaired) electrons. The SMILES string of the molecule is CC[C@@H](CO)NC1CCC(C)(C)CC1C. The standard InChI is InChI=1S/C13H27NO/c1-5-11(9-15)14-12-6-7-13(3,4)8-10(12)2/h10-12,14-15H,5-9H2,1-4H3/t10?,11-,12?/m0/s1. The topological polar surface area (TPSA) is 32.3 Å². The molecule has 1 fully saturated rings. The molecule has 1 aliphatic carbocycles. The second-order valence-electron chi connectivity index (χ2n) is 5.95. The molecule has 2 unspecified atom stereocenters. The zero-order valence-corrected chi connectivity index (χ0v) is 10.7. The second-order valence-corrected chi connectivity index (χ2v) is 5.95. The lowest BCUT2D eigenvalue weighted by Crippen LogP contribution is -2.47. The lowest BCUT2D eigenvalue weighted by molar-refractivity contribution is 0.128. The Kier molecular flexibility index (Phi) is 4.60. The first-order valence-electron chi connectivity index (χ1n) is 6.35. The van der Waals surface area contributed by atoms with Gasteiger partial charge < -0.3 is 10.4 Å². The number of rotatable bonds is 4. The van der Waals surface area contributed by atoms with Gasteiger partial charge in [0.05, 0.1) is 6.61 Å². The first kappa shape index (κ1) is 13.0. The normalized spacial score (nSPS) is 32.6. The van der Waals surface area contributed by atoms with E-state index in [1.807, 2.05) is 0 Å². The average molecular weight is 213 g/mol. The molecule has 0 aromatic rings. The molecule has 0 aliphatic heterocycles. The van der Waals surface area contributed by atoms with Crippen molar-refractivity contribution in [1.82, 2.24) is 5.32 Å². The van der Waals surface area contributed by atoms with E-state index in [-0.39, 0.29) is 6.61 Å². The Bertz CT molecular complexity index is 187. The van der Waals surface area contributed by atoms with Gasteiger partial charge in [-0.25, -0.2) is 0 Å². The summed E-state index contributed by atoms with van der Waals surface area (Å²) in [6.45, 7) is 9.46. The molecule has 0 saturated heterocycles. The molecule has 0 heterocycles. The van der Waals surface area contributed by atoms with Crippen molar-refractivity contribution in [2.45, 2.75) is 65.5 Å². The van der Waals surface area contributed by atoms with E-state index in [1.54, 1.807) is 0 Å². The monoisotopic (exact) mass is 213 g/mol. The van der Waals surface area contributed by atoms with Crippen LogP contribution in [0.5, 0.6) is 0 Å². The van der Waals surface area contributed by atoms with Gasteiger partial charge in [-0.05, 0) is 37.0 Å². The molecule has 2 heteroatoms. The van der Waals surface area contributed by atoms with Crippen LogP contribution in [0.1, 0.15) is 53.4 Å². The Morgan fingerprint density at radius 1 is 1.47 bits per heavy atom. The van der Waals surface area contributed by atoms with Crippen LogP contribution in [0.3, 0.4) is 0 Å². The number of aliphatic hydroxyl groups excluding tert-OH is 1. The van der Waals surface area contributed by atoms with E-state index in [1.165, 1.54) is 19.3 Å². The van der Waals surface area contributed by atoms with Crippen LogP contribution in [0.15, 0.2) is 0 Å². The van der Waals surface area contributed by atoms with Crippen molar-refractivity contribution < 1.29 is 5.11 Å². The zero-order valence-electron chi connectivity index (χ0n) is 10.7. The molecule has 0 aromatic heterocycles. The summed E-state index contributed by atoms with van der Waals surface area (Å²) >= 11 is 0. The summed E-state index contributed by atoms with van der Waals surface area (Å²) in [7, 11) is 0. The molecule has 3 atom stereocenters. The minimum absolute atomic E-state index is 0.267. The van der Waals surface area contributed by atoms with Gasteiger partial charge in [-0.3, -0.25) is 0 Å². The van der Waals surface area contributed by atoms with Crippen molar-refractivity contribution in [3.8, 4) is 0 Å². The highest BCUT2D eigenvalue weighted by atomic mass is 16.3. The molecule has 0 bridgehead atoms. The van der Waals surface area contributed by atoms with Gasteiger partial charge in [0, 0.05) is 12.1 Å². The minimum atomic E-state index is 0.267. The lowest BCUT2D eigenvalue weighted by Gasteiger charge is -2.41. The average Bonchev–Trinajstić information content (AvgIpc) is 2.16. The van der Waals surface area contributed by atoms with Gasteiger partial charge in [0.1, 0.15) is 0 Å². The predicted molar refractivity (Wildman–Crippen MR) is 64.9 cm³/mol. The third kappa shape index (κ3) is 3.76. The lowest BCUT2D eigenvalue weighted by atomic mass is 9.70. The molecule has 1 saturated carbocycles. The van der Waals surface area contributed by atoms with Crippen LogP contribution >= 0.6 is 0 Å². The summed E-state index contributed by atoms with van der Waals surface area (Å²) < 4.78 is 0. The Morgan fingerprint density at radius 3 is 2.60 bits per heavy atom. The zero-order chi connectivity index (χ0) is 11.5. The molecule has 2 N–H and O–H groups in total. The van der Waals surface area contributed by atoms with Crippen LogP contribution in [0.25, 0.3) is 0 Å². The van der Waals surface area contributed by atoms with E-state index in [0.29, 0.717) is 17.5 Å². The van der Waals surface area contributed by atoms with Gasteiger partial charge >= 0.3 is 0 Å². The third-order valence-electron chi connectivity index (χ3n) is 3.86. The summed E-state index contributed by atoms with van der Waals surface area (Å²) in [6, 6.07) is 0.897. The number of hydrogen-bond donors (Lipinski definition) is 2. The Morgan fingerprint density at radius 2 is 2.13 bits per heavy atom. The maximum Gasteiger partial charge on any atom is 0.0584 e. The van der Waals surface area contributed by atoms with Gasteiger partial charge in [0.2, 0.25) is 0 Å². The maximum absolute atomic E-state index is 9.18. The summed E-state index contributed by atoms with van der Waals surface area (Å²) in [4.78, 5) is 0. The number of nitrogens with one attached hydrogen (secondary N) is 1. The fourth-order valence-corrected chi connectivity index (χ4v) is 2.80. The van der Waals surface area contributed by atoms with E-state index < -0.39 is 0 Å². The van der Waals surface area contributed by atoms with E-state index >= 15 is 0 Å². The molecule has 0 aromatic carbocycles. The van der Waals surface area contributed by atoms with Gasteiger partial charge in [-0.15, -0.1) is 0 Å². The minimum Gasteiger partial charge on any atom is -0.395 e. The van der Waals surface area contributed by atoms with Crippen LogP contribution in [0.2, 0.25) is 0 Å². The molecule has 90 valence electrons. The summed E-state index contributed by atoms with van der Waals surface area (Å²) in [5, 5.41) is 12.8. The van der Waals surface area contributed by atoms with Crippen LogP contribution in [0, 0.1) is 11.3 Å². The maximum atomic E-state index is 9.18. The second kappa shape index (κ2) is 5.31. The van der Waals surface area contributed by atoms with Crippen LogP contribution in [-0.2, 0) is 0 Å². The number of hydrogen-bond acceptors (Lipinski definition) is 2. The molecule has 0 amide bonds. The van der Waals surface area contributed by atoms with Crippen LogP contribution < -0.4 is 5.32 Å². The van der Waals surface area contributed by atoms with E-state index in [9.17, 15) is 5.11 Å². The van der Waals surface area contributed by atoms with Gasteiger partial charge in [0.25, 0.3) is 0 Å². The molecular formula is C13H27NO. The van der Waals surface area contributed by atoms with Crippen molar-refractivity contribution in [3.05, 3.63) is 0 Å². The molecule has 1 rings (SSSR count). The van der Waals surface area contributed by atoms with Crippen LogP contribution in [0.4, 0.5) is 0 Å². The Labute approximate surface area is 94.5 Å².